The molecular weight excluding hydrogens is 374 g/mol. The van der Waals surface area contributed by atoms with Crippen LogP contribution in [0.3, 0.4) is 0 Å². The zero-order valence-corrected chi connectivity index (χ0v) is 15.9. The highest BCUT2D eigenvalue weighted by Crippen LogP contribution is 2.17. The van der Waals surface area contributed by atoms with E-state index in [0.717, 1.165) is 16.3 Å². The number of benzene rings is 2. The van der Waals surface area contributed by atoms with Crippen LogP contribution >= 0.6 is 0 Å². The minimum atomic E-state index is -0.774. The summed E-state index contributed by atoms with van der Waals surface area (Å²) in [6.45, 7) is 3.73. The number of nitrogens with one attached hydrogen (secondary N) is 2. The highest BCUT2D eigenvalue weighted by molar-refractivity contribution is 6.07. The van der Waals surface area contributed by atoms with Crippen molar-refractivity contribution in [3.63, 3.8) is 0 Å². The number of anilines is 1. The first-order valence-electron chi connectivity index (χ1n) is 8.91. The minimum absolute atomic E-state index is 0.158. The highest BCUT2D eigenvalue weighted by Gasteiger charge is 2.19. The molecule has 0 radical (unpaired) electrons. The Hall–Kier alpha value is -3.94. The Kier molecular flexibility index (Phi) is 5.73. The Morgan fingerprint density at radius 1 is 1.03 bits per heavy atom. The maximum atomic E-state index is 12.8. The number of carbonyl (C=O) groups excluding carboxylic acids is 2. The van der Waals surface area contributed by atoms with Crippen molar-refractivity contribution in [3.8, 4) is 5.69 Å². The minimum Gasteiger partial charge on any atom is -0.462 e. The van der Waals surface area contributed by atoms with E-state index < -0.39 is 23.1 Å². The summed E-state index contributed by atoms with van der Waals surface area (Å²) in [6.07, 6.45) is 1.05. The van der Waals surface area contributed by atoms with Crippen molar-refractivity contribution in [1.29, 1.82) is 0 Å². The maximum Gasteiger partial charge on any atom is 0.340 e. The van der Waals surface area contributed by atoms with Crippen LogP contribution in [0, 0.1) is 6.92 Å². The van der Waals surface area contributed by atoms with E-state index in [1.807, 2.05) is 6.92 Å². The lowest BCUT2D eigenvalue weighted by Crippen LogP contribution is -2.38. The molecule has 0 unspecified atom stereocenters. The smallest absolute Gasteiger partial charge is 0.340 e. The van der Waals surface area contributed by atoms with Gasteiger partial charge < -0.3 is 15.0 Å². The summed E-state index contributed by atoms with van der Waals surface area (Å²) in [7, 11) is 0. The SMILES string of the molecule is CCOC(=O)c1ccccc1NC(=O)c1c[nH]c(=O)n(-c2ccc(C)cc2)c1=O. The average Bonchev–Trinajstić information content (AvgIpc) is 2.70. The van der Waals surface area contributed by atoms with Gasteiger partial charge in [0.2, 0.25) is 0 Å². The van der Waals surface area contributed by atoms with Gasteiger partial charge in [-0.15, -0.1) is 0 Å². The molecule has 0 spiro atoms. The van der Waals surface area contributed by atoms with E-state index in [9.17, 15) is 19.2 Å². The second-order valence-electron chi connectivity index (χ2n) is 6.20. The van der Waals surface area contributed by atoms with Crippen molar-refractivity contribution in [2.75, 3.05) is 11.9 Å². The molecule has 29 heavy (non-hydrogen) atoms. The lowest BCUT2D eigenvalue weighted by atomic mass is 10.1. The quantitative estimate of drug-likeness (QED) is 0.646. The molecule has 0 saturated carbocycles. The van der Waals surface area contributed by atoms with Crippen LogP contribution in [0.25, 0.3) is 5.69 Å². The van der Waals surface area contributed by atoms with Gasteiger partial charge in [0.15, 0.2) is 0 Å². The van der Waals surface area contributed by atoms with Crippen LogP contribution < -0.4 is 16.6 Å². The molecule has 0 aliphatic carbocycles. The fourth-order valence-electron chi connectivity index (χ4n) is 2.73. The van der Waals surface area contributed by atoms with Gasteiger partial charge in [0, 0.05) is 6.20 Å². The Labute approximate surface area is 165 Å². The molecule has 148 valence electrons. The summed E-state index contributed by atoms with van der Waals surface area (Å²) in [5.41, 5.74) is -0.0598. The zero-order valence-electron chi connectivity index (χ0n) is 15.9. The van der Waals surface area contributed by atoms with E-state index in [2.05, 4.69) is 10.3 Å². The standard InChI is InChI=1S/C21H19N3O5/c1-3-29-20(27)15-6-4-5-7-17(15)23-18(25)16-12-22-21(28)24(19(16)26)14-10-8-13(2)9-11-14/h4-12H,3H2,1-2H3,(H,22,28)(H,23,25). The molecule has 1 heterocycles. The van der Waals surface area contributed by atoms with Crippen LogP contribution in [-0.2, 0) is 4.74 Å². The molecule has 0 aliphatic heterocycles. The van der Waals surface area contributed by atoms with Gasteiger partial charge in [0.05, 0.1) is 23.5 Å². The van der Waals surface area contributed by atoms with Crippen LogP contribution in [0.2, 0.25) is 0 Å². The van der Waals surface area contributed by atoms with Gasteiger partial charge >= 0.3 is 11.7 Å². The maximum absolute atomic E-state index is 12.8. The molecule has 2 N–H and O–H groups in total. The van der Waals surface area contributed by atoms with Crippen LogP contribution in [0.5, 0.6) is 0 Å². The number of carbonyl (C=O) groups is 2. The number of aromatic amines is 1. The highest BCUT2D eigenvalue weighted by atomic mass is 16.5. The third-order valence-corrected chi connectivity index (χ3v) is 4.18. The summed E-state index contributed by atoms with van der Waals surface area (Å²) in [4.78, 5) is 52.2. The molecule has 8 nitrogen and oxygen atoms in total. The summed E-state index contributed by atoms with van der Waals surface area (Å²) in [6, 6.07) is 13.0. The van der Waals surface area contributed by atoms with E-state index in [0.29, 0.717) is 5.69 Å². The van der Waals surface area contributed by atoms with Crippen molar-refractivity contribution in [1.82, 2.24) is 9.55 Å². The third kappa shape index (κ3) is 4.16. The predicted molar refractivity (Wildman–Crippen MR) is 108 cm³/mol. The summed E-state index contributed by atoms with van der Waals surface area (Å²) in [5.74, 6) is -1.36. The first-order valence-corrected chi connectivity index (χ1v) is 8.91. The number of rotatable bonds is 5. The van der Waals surface area contributed by atoms with Crippen molar-refractivity contribution >= 4 is 17.6 Å². The zero-order chi connectivity index (χ0) is 21.0. The van der Waals surface area contributed by atoms with Crippen LogP contribution in [0.4, 0.5) is 5.69 Å². The fraction of sp³-hybridized carbons (Fsp3) is 0.143. The Morgan fingerprint density at radius 3 is 2.41 bits per heavy atom. The van der Waals surface area contributed by atoms with E-state index in [4.69, 9.17) is 4.74 Å². The van der Waals surface area contributed by atoms with E-state index >= 15 is 0 Å². The lowest BCUT2D eigenvalue weighted by molar-refractivity contribution is 0.0527. The van der Waals surface area contributed by atoms with Crippen LogP contribution in [-0.4, -0.2) is 28.0 Å². The number of hydrogen-bond donors (Lipinski definition) is 2. The second-order valence-corrected chi connectivity index (χ2v) is 6.20. The number of ether oxygens (including phenoxy) is 1. The van der Waals surface area contributed by atoms with Crippen molar-refractivity contribution < 1.29 is 14.3 Å². The van der Waals surface area contributed by atoms with Crippen molar-refractivity contribution in [3.05, 3.63) is 92.3 Å². The average molecular weight is 393 g/mol. The molecule has 3 rings (SSSR count). The molecule has 3 aromatic rings. The van der Waals surface area contributed by atoms with Gasteiger partial charge in [0.1, 0.15) is 5.56 Å². The third-order valence-electron chi connectivity index (χ3n) is 4.18. The van der Waals surface area contributed by atoms with Crippen molar-refractivity contribution in [2.24, 2.45) is 0 Å². The van der Waals surface area contributed by atoms with Crippen molar-refractivity contribution in [2.45, 2.75) is 13.8 Å². The van der Waals surface area contributed by atoms with Gasteiger partial charge in [0.25, 0.3) is 11.5 Å². The molecule has 0 aliphatic rings. The van der Waals surface area contributed by atoms with E-state index in [-0.39, 0.29) is 23.4 Å². The predicted octanol–water partition coefficient (Wildman–Crippen LogP) is 2.26. The molecule has 0 bridgehead atoms. The molecule has 1 aromatic heterocycles. The Morgan fingerprint density at radius 2 is 1.72 bits per heavy atom. The lowest BCUT2D eigenvalue weighted by Gasteiger charge is -2.11. The Bertz CT molecular complexity index is 1180. The second kappa shape index (κ2) is 8.39. The first kappa shape index (κ1) is 19.8. The van der Waals surface area contributed by atoms with E-state index in [1.54, 1.807) is 43.3 Å². The van der Waals surface area contributed by atoms with Gasteiger partial charge in [-0.2, -0.15) is 0 Å². The number of para-hydroxylation sites is 1. The number of esters is 1. The molecule has 0 atom stereocenters. The van der Waals surface area contributed by atoms with Gasteiger partial charge in [-0.05, 0) is 38.1 Å². The van der Waals surface area contributed by atoms with Crippen LogP contribution in [0.15, 0.2) is 64.3 Å². The summed E-state index contributed by atoms with van der Waals surface area (Å²) >= 11 is 0. The van der Waals surface area contributed by atoms with E-state index in [1.165, 1.54) is 12.1 Å². The first-order chi connectivity index (χ1) is 13.9. The summed E-state index contributed by atoms with van der Waals surface area (Å²) < 4.78 is 5.86. The normalized spacial score (nSPS) is 10.4. The number of amides is 1. The molecular formula is C21H19N3O5. The van der Waals surface area contributed by atoms with Gasteiger partial charge in [-0.3, -0.25) is 9.59 Å². The monoisotopic (exact) mass is 393 g/mol. The van der Waals surface area contributed by atoms with Gasteiger partial charge in [-0.25, -0.2) is 14.2 Å². The number of nitrogens with zero attached hydrogens (tertiary/aromatic N) is 1. The number of aryl methyl sites for hydroxylation is 1. The Balaban J connectivity index is 1.99. The molecule has 2 aromatic carbocycles. The van der Waals surface area contributed by atoms with Crippen LogP contribution in [0.1, 0.15) is 33.2 Å². The number of aromatic nitrogens is 2. The topological polar surface area (TPSA) is 110 Å². The fourth-order valence-corrected chi connectivity index (χ4v) is 2.73. The number of hydrogen-bond acceptors (Lipinski definition) is 5. The number of H-pyrrole nitrogens is 1. The largest absolute Gasteiger partial charge is 0.462 e. The molecule has 0 fully saturated rings. The van der Waals surface area contributed by atoms with Gasteiger partial charge in [-0.1, -0.05) is 29.8 Å². The molecule has 8 heteroatoms. The molecule has 0 saturated heterocycles. The molecule has 1 amide bonds. The summed E-state index contributed by atoms with van der Waals surface area (Å²) in [5, 5.41) is 2.54.